The van der Waals surface area contributed by atoms with Crippen LogP contribution in [0.4, 0.5) is 11.8 Å². The quantitative estimate of drug-likeness (QED) is 0.647. The van der Waals surface area contributed by atoms with E-state index >= 15 is 0 Å². The molecule has 0 amide bonds. The number of aryl methyl sites for hydroxylation is 1. The average Bonchev–Trinajstić information content (AvgIpc) is 3.25. The highest BCUT2D eigenvalue weighted by atomic mass is 16.7. The minimum atomic E-state index is -0.722. The molecule has 0 radical (unpaired) electrons. The van der Waals surface area contributed by atoms with Crippen molar-refractivity contribution in [1.29, 1.82) is 0 Å². The van der Waals surface area contributed by atoms with Gasteiger partial charge in [0.15, 0.2) is 11.5 Å². The molecule has 5 rings (SSSR count). The minimum absolute atomic E-state index is 0.254. The Kier molecular flexibility index (Phi) is 4.97. The third-order valence-corrected chi connectivity index (χ3v) is 5.86. The SMILES string of the molecule is Cc1ccc2nc(N3CCC(C(=O)O)CC3)nc(NCc3ccc4c(c3)OCO4)c2c1. The van der Waals surface area contributed by atoms with Gasteiger partial charge in [-0.05, 0) is 49.6 Å². The molecular weight excluding hydrogens is 396 g/mol. The van der Waals surface area contributed by atoms with Crippen molar-refractivity contribution in [3.05, 3.63) is 47.5 Å². The van der Waals surface area contributed by atoms with Gasteiger partial charge in [-0.1, -0.05) is 17.7 Å². The van der Waals surface area contributed by atoms with Gasteiger partial charge in [0.2, 0.25) is 12.7 Å². The molecule has 1 fully saturated rings. The van der Waals surface area contributed by atoms with Crippen LogP contribution in [0.2, 0.25) is 0 Å². The Labute approximate surface area is 179 Å². The van der Waals surface area contributed by atoms with Crippen LogP contribution in [0.3, 0.4) is 0 Å². The van der Waals surface area contributed by atoms with E-state index in [2.05, 4.69) is 16.3 Å². The third kappa shape index (κ3) is 3.93. The number of nitrogens with one attached hydrogen (secondary N) is 1. The summed E-state index contributed by atoms with van der Waals surface area (Å²) >= 11 is 0. The molecule has 3 aromatic rings. The molecule has 3 heterocycles. The second-order valence-corrected chi connectivity index (χ2v) is 8.03. The molecule has 0 saturated carbocycles. The van der Waals surface area contributed by atoms with Gasteiger partial charge in [-0.25, -0.2) is 4.98 Å². The van der Waals surface area contributed by atoms with Crippen LogP contribution in [0, 0.1) is 12.8 Å². The van der Waals surface area contributed by atoms with Gasteiger partial charge in [-0.15, -0.1) is 0 Å². The number of aliphatic carboxylic acids is 1. The standard InChI is InChI=1S/C23H24N4O4/c1-14-2-4-18-17(10-14)21(24-12-15-3-5-19-20(11-15)31-13-30-19)26-23(25-18)27-8-6-16(7-9-27)22(28)29/h2-5,10-11,16H,6-9,12-13H2,1H3,(H,28,29)(H,24,25,26). The monoisotopic (exact) mass is 420 g/mol. The molecule has 0 unspecified atom stereocenters. The molecule has 1 saturated heterocycles. The van der Waals surface area contributed by atoms with Gasteiger partial charge in [0.25, 0.3) is 0 Å². The lowest BCUT2D eigenvalue weighted by molar-refractivity contribution is -0.142. The largest absolute Gasteiger partial charge is 0.481 e. The fraction of sp³-hybridized carbons (Fsp3) is 0.348. The second-order valence-electron chi connectivity index (χ2n) is 8.03. The maximum Gasteiger partial charge on any atom is 0.306 e. The van der Waals surface area contributed by atoms with E-state index in [1.54, 1.807) is 0 Å². The Bertz CT molecular complexity index is 1140. The number of carboxylic acids is 1. The zero-order chi connectivity index (χ0) is 21.4. The van der Waals surface area contributed by atoms with E-state index in [1.807, 2.05) is 37.3 Å². The molecule has 0 atom stereocenters. The zero-order valence-corrected chi connectivity index (χ0v) is 17.3. The van der Waals surface area contributed by atoms with E-state index in [-0.39, 0.29) is 12.7 Å². The Morgan fingerprint density at radius 2 is 1.94 bits per heavy atom. The molecule has 160 valence electrons. The first kappa shape index (κ1) is 19.4. The van der Waals surface area contributed by atoms with Crippen LogP contribution in [0.25, 0.3) is 10.9 Å². The molecule has 0 aliphatic carbocycles. The average molecular weight is 420 g/mol. The number of piperidine rings is 1. The van der Waals surface area contributed by atoms with Crippen molar-refractivity contribution in [1.82, 2.24) is 9.97 Å². The summed E-state index contributed by atoms with van der Waals surface area (Å²) in [5, 5.41) is 13.7. The number of fused-ring (bicyclic) bond motifs is 2. The highest BCUT2D eigenvalue weighted by Gasteiger charge is 2.26. The molecule has 0 spiro atoms. The van der Waals surface area contributed by atoms with Gasteiger partial charge >= 0.3 is 5.97 Å². The van der Waals surface area contributed by atoms with E-state index < -0.39 is 5.97 Å². The molecule has 31 heavy (non-hydrogen) atoms. The number of rotatable bonds is 5. The first-order valence-electron chi connectivity index (χ1n) is 10.5. The van der Waals surface area contributed by atoms with Gasteiger partial charge in [0, 0.05) is 25.0 Å². The zero-order valence-electron chi connectivity index (χ0n) is 17.3. The molecule has 2 aromatic carbocycles. The van der Waals surface area contributed by atoms with Gasteiger partial charge in [-0.3, -0.25) is 4.79 Å². The van der Waals surface area contributed by atoms with Crippen molar-refractivity contribution in [3.63, 3.8) is 0 Å². The number of ether oxygens (including phenoxy) is 2. The molecule has 1 aromatic heterocycles. The first-order chi connectivity index (χ1) is 15.1. The van der Waals surface area contributed by atoms with E-state index in [0.717, 1.165) is 39.3 Å². The topological polar surface area (TPSA) is 96.8 Å². The van der Waals surface area contributed by atoms with Crippen LogP contribution in [-0.2, 0) is 11.3 Å². The summed E-state index contributed by atoms with van der Waals surface area (Å²) < 4.78 is 10.9. The Balaban J connectivity index is 1.42. The van der Waals surface area contributed by atoms with Gasteiger partial charge in [0.1, 0.15) is 5.82 Å². The van der Waals surface area contributed by atoms with Gasteiger partial charge in [-0.2, -0.15) is 4.98 Å². The van der Waals surface area contributed by atoms with Gasteiger partial charge < -0.3 is 24.8 Å². The molecule has 2 aliphatic heterocycles. The molecule has 8 heteroatoms. The Morgan fingerprint density at radius 1 is 1.13 bits per heavy atom. The Morgan fingerprint density at radius 3 is 2.74 bits per heavy atom. The van der Waals surface area contributed by atoms with Crippen LogP contribution in [0.5, 0.6) is 11.5 Å². The van der Waals surface area contributed by atoms with Crippen molar-refractivity contribution in [2.45, 2.75) is 26.3 Å². The summed E-state index contributed by atoms with van der Waals surface area (Å²) in [4.78, 5) is 22.9. The lowest BCUT2D eigenvalue weighted by Crippen LogP contribution is -2.37. The fourth-order valence-electron chi connectivity index (χ4n) is 4.07. The van der Waals surface area contributed by atoms with Crippen molar-refractivity contribution in [3.8, 4) is 11.5 Å². The summed E-state index contributed by atoms with van der Waals surface area (Å²) in [5.74, 6) is 1.90. The summed E-state index contributed by atoms with van der Waals surface area (Å²) in [6, 6.07) is 12.0. The third-order valence-electron chi connectivity index (χ3n) is 5.86. The van der Waals surface area contributed by atoms with Crippen molar-refractivity contribution < 1.29 is 19.4 Å². The maximum absolute atomic E-state index is 11.3. The molecule has 2 aliphatic rings. The second kappa shape index (κ2) is 7.94. The summed E-state index contributed by atoms with van der Waals surface area (Å²) in [6.45, 7) is 4.15. The number of carbonyl (C=O) groups is 1. The van der Waals surface area contributed by atoms with Crippen molar-refractivity contribution >= 4 is 28.6 Å². The number of carboxylic acid groups (broad SMARTS) is 1. The van der Waals surface area contributed by atoms with E-state index in [9.17, 15) is 9.90 Å². The molecule has 8 nitrogen and oxygen atoms in total. The maximum atomic E-state index is 11.3. The smallest absolute Gasteiger partial charge is 0.306 e. The number of anilines is 2. The van der Waals surface area contributed by atoms with Crippen LogP contribution < -0.4 is 19.7 Å². The number of hydrogen-bond donors (Lipinski definition) is 2. The number of benzene rings is 2. The predicted octanol–water partition coefficient (Wildman–Crippen LogP) is 3.58. The summed E-state index contributed by atoms with van der Waals surface area (Å²) in [5.41, 5.74) is 3.06. The lowest BCUT2D eigenvalue weighted by Gasteiger charge is -2.30. The summed E-state index contributed by atoms with van der Waals surface area (Å²) in [7, 11) is 0. The lowest BCUT2D eigenvalue weighted by atomic mass is 9.97. The number of nitrogens with zero attached hydrogens (tertiary/aromatic N) is 3. The molecular formula is C23H24N4O4. The van der Waals surface area contributed by atoms with Crippen LogP contribution in [0.15, 0.2) is 36.4 Å². The predicted molar refractivity (Wildman–Crippen MR) is 117 cm³/mol. The van der Waals surface area contributed by atoms with E-state index in [0.29, 0.717) is 38.4 Å². The van der Waals surface area contributed by atoms with Crippen LogP contribution in [-0.4, -0.2) is 40.9 Å². The fourth-order valence-corrected chi connectivity index (χ4v) is 4.07. The first-order valence-corrected chi connectivity index (χ1v) is 10.5. The molecule has 2 N–H and O–H groups in total. The number of aromatic nitrogens is 2. The summed E-state index contributed by atoms with van der Waals surface area (Å²) in [6.07, 6.45) is 1.20. The van der Waals surface area contributed by atoms with Crippen LogP contribution >= 0.6 is 0 Å². The Hall–Kier alpha value is -3.55. The van der Waals surface area contributed by atoms with Crippen molar-refractivity contribution in [2.75, 3.05) is 30.1 Å². The van der Waals surface area contributed by atoms with E-state index in [4.69, 9.17) is 19.4 Å². The van der Waals surface area contributed by atoms with Gasteiger partial charge in [0.05, 0.1) is 11.4 Å². The highest BCUT2D eigenvalue weighted by molar-refractivity contribution is 5.90. The van der Waals surface area contributed by atoms with E-state index in [1.165, 1.54) is 0 Å². The van der Waals surface area contributed by atoms with Crippen molar-refractivity contribution in [2.24, 2.45) is 5.92 Å². The van der Waals surface area contributed by atoms with Crippen LogP contribution in [0.1, 0.15) is 24.0 Å². The minimum Gasteiger partial charge on any atom is -0.481 e. The normalized spacial score (nSPS) is 16.0. The molecule has 0 bridgehead atoms. The highest BCUT2D eigenvalue weighted by Crippen LogP contribution is 2.33. The number of hydrogen-bond acceptors (Lipinski definition) is 7.